The standard InChI is InChI=1S/C19H29N3O4/c1-19(2,3)26-18(24)22-13-11-21(12-14-22)17(23)20-10-9-15-5-7-16(25-4)8-6-15/h5-8H,9-14H2,1-4H3,(H,20,23). The normalized spacial score (nSPS) is 14.8. The van der Waals surface area contributed by atoms with Gasteiger partial charge >= 0.3 is 12.1 Å². The van der Waals surface area contributed by atoms with E-state index in [2.05, 4.69) is 5.32 Å². The van der Waals surface area contributed by atoms with Crippen molar-refractivity contribution in [1.82, 2.24) is 15.1 Å². The van der Waals surface area contributed by atoms with Gasteiger partial charge in [0.1, 0.15) is 11.4 Å². The van der Waals surface area contributed by atoms with E-state index in [1.165, 1.54) is 0 Å². The second kappa shape index (κ2) is 8.78. The number of methoxy groups -OCH3 is 1. The van der Waals surface area contributed by atoms with Crippen LogP contribution in [0.3, 0.4) is 0 Å². The van der Waals surface area contributed by atoms with E-state index in [0.29, 0.717) is 32.7 Å². The molecule has 0 unspecified atom stereocenters. The molecule has 1 aromatic carbocycles. The number of hydrogen-bond donors (Lipinski definition) is 1. The van der Waals surface area contributed by atoms with Crippen molar-refractivity contribution in [3.8, 4) is 5.75 Å². The van der Waals surface area contributed by atoms with Gasteiger partial charge in [-0.25, -0.2) is 9.59 Å². The summed E-state index contributed by atoms with van der Waals surface area (Å²) in [6.45, 7) is 8.09. The van der Waals surface area contributed by atoms with E-state index in [9.17, 15) is 9.59 Å². The zero-order chi connectivity index (χ0) is 19.2. The molecule has 0 radical (unpaired) electrons. The third-order valence-electron chi connectivity index (χ3n) is 4.07. The SMILES string of the molecule is COc1ccc(CCNC(=O)N2CCN(C(=O)OC(C)(C)C)CC2)cc1. The Morgan fingerprint density at radius 2 is 1.62 bits per heavy atom. The number of benzene rings is 1. The molecule has 1 aromatic rings. The maximum absolute atomic E-state index is 12.3. The van der Waals surface area contributed by atoms with Gasteiger partial charge in [-0.05, 0) is 44.9 Å². The molecule has 7 heteroatoms. The highest BCUT2D eigenvalue weighted by molar-refractivity contribution is 5.75. The van der Waals surface area contributed by atoms with Crippen LogP contribution >= 0.6 is 0 Å². The summed E-state index contributed by atoms with van der Waals surface area (Å²) in [6, 6.07) is 7.71. The molecule has 0 aromatic heterocycles. The van der Waals surface area contributed by atoms with E-state index < -0.39 is 5.60 Å². The number of ether oxygens (including phenoxy) is 2. The van der Waals surface area contributed by atoms with Crippen molar-refractivity contribution in [2.75, 3.05) is 39.8 Å². The van der Waals surface area contributed by atoms with Crippen LogP contribution in [-0.2, 0) is 11.2 Å². The first-order valence-electron chi connectivity index (χ1n) is 8.92. The van der Waals surface area contributed by atoms with Gasteiger partial charge < -0.3 is 24.6 Å². The lowest BCUT2D eigenvalue weighted by atomic mass is 10.1. The number of amides is 3. The molecule has 1 aliphatic rings. The van der Waals surface area contributed by atoms with Gasteiger partial charge in [0.15, 0.2) is 0 Å². The number of rotatable bonds is 4. The molecule has 1 N–H and O–H groups in total. The molecule has 3 amide bonds. The largest absolute Gasteiger partial charge is 0.497 e. The lowest BCUT2D eigenvalue weighted by Gasteiger charge is -2.35. The van der Waals surface area contributed by atoms with Crippen LogP contribution in [-0.4, -0.2) is 67.4 Å². The minimum Gasteiger partial charge on any atom is -0.497 e. The molecular weight excluding hydrogens is 334 g/mol. The van der Waals surface area contributed by atoms with Crippen LogP contribution in [0.2, 0.25) is 0 Å². The zero-order valence-corrected chi connectivity index (χ0v) is 16.1. The molecular formula is C19H29N3O4. The molecule has 0 bridgehead atoms. The first-order chi connectivity index (χ1) is 12.3. The van der Waals surface area contributed by atoms with Crippen LogP contribution in [0.5, 0.6) is 5.75 Å². The van der Waals surface area contributed by atoms with Crippen LogP contribution in [0.15, 0.2) is 24.3 Å². The van der Waals surface area contributed by atoms with Gasteiger partial charge in [-0.3, -0.25) is 0 Å². The number of hydrogen-bond acceptors (Lipinski definition) is 4. The number of nitrogens with zero attached hydrogens (tertiary/aromatic N) is 2. The molecule has 7 nitrogen and oxygen atoms in total. The summed E-state index contributed by atoms with van der Waals surface area (Å²) in [5, 5.41) is 2.93. The third kappa shape index (κ3) is 6.13. The predicted molar refractivity (Wildman–Crippen MR) is 99.5 cm³/mol. The predicted octanol–water partition coefficient (Wildman–Crippen LogP) is 2.50. The number of urea groups is 1. The zero-order valence-electron chi connectivity index (χ0n) is 16.1. The van der Waals surface area contributed by atoms with Gasteiger partial charge in [-0.15, -0.1) is 0 Å². The molecule has 144 valence electrons. The topological polar surface area (TPSA) is 71.1 Å². The summed E-state index contributed by atoms with van der Waals surface area (Å²) < 4.78 is 10.5. The summed E-state index contributed by atoms with van der Waals surface area (Å²) >= 11 is 0. The van der Waals surface area contributed by atoms with Gasteiger partial charge in [-0.1, -0.05) is 12.1 Å². The van der Waals surface area contributed by atoms with Gasteiger partial charge in [0.2, 0.25) is 0 Å². The van der Waals surface area contributed by atoms with Crippen molar-refractivity contribution < 1.29 is 19.1 Å². The Morgan fingerprint density at radius 3 is 2.15 bits per heavy atom. The van der Waals surface area contributed by atoms with Crippen LogP contribution < -0.4 is 10.1 Å². The summed E-state index contributed by atoms with van der Waals surface area (Å²) in [4.78, 5) is 27.7. The molecule has 2 rings (SSSR count). The molecule has 1 aliphatic heterocycles. The summed E-state index contributed by atoms with van der Waals surface area (Å²) in [6.07, 6.45) is 0.435. The van der Waals surface area contributed by atoms with E-state index in [-0.39, 0.29) is 12.1 Å². The fraction of sp³-hybridized carbons (Fsp3) is 0.579. The second-order valence-electron chi connectivity index (χ2n) is 7.28. The Bertz CT molecular complexity index is 602. The van der Waals surface area contributed by atoms with Gasteiger partial charge in [0, 0.05) is 32.7 Å². The molecule has 0 atom stereocenters. The Balaban J connectivity index is 1.70. The fourth-order valence-corrected chi connectivity index (χ4v) is 2.64. The van der Waals surface area contributed by atoms with E-state index in [0.717, 1.165) is 17.7 Å². The minimum absolute atomic E-state index is 0.0950. The molecule has 1 fully saturated rings. The van der Waals surface area contributed by atoms with Crippen molar-refractivity contribution in [1.29, 1.82) is 0 Å². The van der Waals surface area contributed by atoms with Gasteiger partial charge in [-0.2, -0.15) is 0 Å². The molecule has 0 spiro atoms. The summed E-state index contributed by atoms with van der Waals surface area (Å²) in [5.74, 6) is 0.820. The van der Waals surface area contributed by atoms with E-state index in [4.69, 9.17) is 9.47 Å². The highest BCUT2D eigenvalue weighted by Gasteiger charge is 2.27. The Morgan fingerprint density at radius 1 is 1.04 bits per heavy atom. The van der Waals surface area contributed by atoms with E-state index >= 15 is 0 Å². The fourth-order valence-electron chi connectivity index (χ4n) is 2.64. The van der Waals surface area contributed by atoms with E-state index in [1.54, 1.807) is 16.9 Å². The van der Waals surface area contributed by atoms with Crippen molar-refractivity contribution in [3.05, 3.63) is 29.8 Å². The Kier molecular flexibility index (Phi) is 6.71. The first kappa shape index (κ1) is 19.9. The molecule has 26 heavy (non-hydrogen) atoms. The lowest BCUT2D eigenvalue weighted by molar-refractivity contribution is 0.0170. The maximum atomic E-state index is 12.3. The van der Waals surface area contributed by atoms with Gasteiger partial charge in [0.25, 0.3) is 0 Å². The number of carbonyl (C=O) groups excluding carboxylic acids is 2. The van der Waals surface area contributed by atoms with Crippen LogP contribution in [0.25, 0.3) is 0 Å². The number of nitrogens with one attached hydrogen (secondary N) is 1. The van der Waals surface area contributed by atoms with E-state index in [1.807, 2.05) is 45.0 Å². The number of carbonyl (C=O) groups is 2. The van der Waals surface area contributed by atoms with Crippen molar-refractivity contribution in [2.45, 2.75) is 32.8 Å². The first-order valence-corrected chi connectivity index (χ1v) is 8.92. The molecule has 0 saturated carbocycles. The van der Waals surface area contributed by atoms with Crippen LogP contribution in [0, 0.1) is 0 Å². The molecule has 0 aliphatic carbocycles. The van der Waals surface area contributed by atoms with Crippen molar-refractivity contribution in [2.24, 2.45) is 0 Å². The quantitative estimate of drug-likeness (QED) is 0.892. The smallest absolute Gasteiger partial charge is 0.410 e. The third-order valence-corrected chi connectivity index (χ3v) is 4.07. The average Bonchev–Trinajstić information content (AvgIpc) is 2.61. The molecule has 1 saturated heterocycles. The Hall–Kier alpha value is -2.44. The Labute approximate surface area is 155 Å². The van der Waals surface area contributed by atoms with Crippen LogP contribution in [0.4, 0.5) is 9.59 Å². The highest BCUT2D eigenvalue weighted by Crippen LogP contribution is 2.13. The molecule has 1 heterocycles. The maximum Gasteiger partial charge on any atom is 0.410 e. The second-order valence-corrected chi connectivity index (χ2v) is 7.28. The monoisotopic (exact) mass is 363 g/mol. The number of piperazine rings is 1. The van der Waals surface area contributed by atoms with Gasteiger partial charge in [0.05, 0.1) is 7.11 Å². The average molecular weight is 363 g/mol. The summed E-state index contributed by atoms with van der Waals surface area (Å²) in [5.41, 5.74) is 0.633. The lowest BCUT2D eigenvalue weighted by Crippen LogP contribution is -2.54. The summed E-state index contributed by atoms with van der Waals surface area (Å²) in [7, 11) is 1.64. The van der Waals surface area contributed by atoms with Crippen molar-refractivity contribution >= 4 is 12.1 Å². The highest BCUT2D eigenvalue weighted by atomic mass is 16.6. The minimum atomic E-state index is -0.507. The van der Waals surface area contributed by atoms with Crippen LogP contribution in [0.1, 0.15) is 26.3 Å². The van der Waals surface area contributed by atoms with Crippen molar-refractivity contribution in [3.63, 3.8) is 0 Å².